The van der Waals surface area contributed by atoms with Crippen LogP contribution in [0.15, 0.2) is 46.7 Å². The normalized spacial score (nSPS) is 11.6. The maximum Gasteiger partial charge on any atom is 0.192 e. The zero-order valence-electron chi connectivity index (χ0n) is 11.9. The summed E-state index contributed by atoms with van der Waals surface area (Å²) in [6, 6.07) is 7.72. The Bertz CT molecular complexity index is 567. The van der Waals surface area contributed by atoms with Crippen molar-refractivity contribution >= 4 is 23.4 Å². The molecule has 1 aromatic heterocycles. The van der Waals surface area contributed by atoms with Crippen LogP contribution in [-0.4, -0.2) is 15.5 Å². The Balaban J connectivity index is 2.19. The molecule has 2 rings (SSSR count). The van der Waals surface area contributed by atoms with Gasteiger partial charge in [0.05, 0.1) is 0 Å². The first-order chi connectivity index (χ1) is 9.44. The number of nitrogens with zero attached hydrogens (tertiary/aromatic N) is 2. The number of aromatic nitrogens is 2. The van der Waals surface area contributed by atoms with Gasteiger partial charge in [0.2, 0.25) is 0 Å². The van der Waals surface area contributed by atoms with E-state index < -0.39 is 0 Å². The minimum Gasteiger partial charge on any atom is -0.308 e. The summed E-state index contributed by atoms with van der Waals surface area (Å²) in [5.41, 5.74) is 1.22. The van der Waals surface area contributed by atoms with Gasteiger partial charge in [-0.3, -0.25) is 0 Å². The summed E-state index contributed by atoms with van der Waals surface area (Å²) in [6.07, 6.45) is 3.50. The molecule has 0 radical (unpaired) electrons. The Labute approximate surface area is 129 Å². The van der Waals surface area contributed by atoms with E-state index in [-0.39, 0.29) is 5.54 Å². The monoisotopic (exact) mass is 307 g/mol. The van der Waals surface area contributed by atoms with Gasteiger partial charge < -0.3 is 5.32 Å². The average molecular weight is 308 g/mol. The van der Waals surface area contributed by atoms with Crippen LogP contribution in [0.4, 0.5) is 0 Å². The number of halogens is 1. The highest BCUT2D eigenvalue weighted by molar-refractivity contribution is 7.99. The molecule has 0 saturated carbocycles. The third-order valence-corrected chi connectivity index (χ3v) is 3.82. The summed E-state index contributed by atoms with van der Waals surface area (Å²) < 4.78 is 0. The van der Waals surface area contributed by atoms with Gasteiger partial charge in [0, 0.05) is 34.4 Å². The second-order valence-corrected chi connectivity index (χ2v) is 6.93. The van der Waals surface area contributed by atoms with E-state index in [2.05, 4.69) is 36.1 Å². The summed E-state index contributed by atoms with van der Waals surface area (Å²) in [7, 11) is 0. The van der Waals surface area contributed by atoms with E-state index >= 15 is 0 Å². The van der Waals surface area contributed by atoms with Gasteiger partial charge in [-0.25, -0.2) is 9.97 Å². The van der Waals surface area contributed by atoms with Gasteiger partial charge in [-0.15, -0.1) is 0 Å². The first-order valence-electron chi connectivity index (χ1n) is 6.42. The molecule has 1 heterocycles. The standard InChI is InChI=1S/C15H18ClN3S/c1-15(2,3)19-10-11-9-12(16)5-6-13(11)20-14-17-7-4-8-18-14/h4-9,19H,10H2,1-3H3. The lowest BCUT2D eigenvalue weighted by Gasteiger charge is -2.21. The molecule has 0 fully saturated rings. The number of nitrogens with one attached hydrogen (secondary N) is 1. The van der Waals surface area contributed by atoms with Crippen LogP contribution in [0.3, 0.4) is 0 Å². The molecule has 20 heavy (non-hydrogen) atoms. The summed E-state index contributed by atoms with van der Waals surface area (Å²) in [4.78, 5) is 9.61. The largest absolute Gasteiger partial charge is 0.308 e. The second kappa shape index (κ2) is 6.57. The molecule has 0 aliphatic carbocycles. The van der Waals surface area contributed by atoms with Crippen molar-refractivity contribution in [2.24, 2.45) is 0 Å². The van der Waals surface area contributed by atoms with Gasteiger partial charge in [-0.1, -0.05) is 11.6 Å². The molecule has 0 amide bonds. The lowest BCUT2D eigenvalue weighted by atomic mass is 10.1. The van der Waals surface area contributed by atoms with Crippen molar-refractivity contribution in [3.8, 4) is 0 Å². The highest BCUT2D eigenvalue weighted by Crippen LogP contribution is 2.30. The predicted molar refractivity (Wildman–Crippen MR) is 84.2 cm³/mol. The van der Waals surface area contributed by atoms with E-state index in [1.807, 2.05) is 24.3 Å². The zero-order valence-corrected chi connectivity index (χ0v) is 13.4. The summed E-state index contributed by atoms with van der Waals surface area (Å²) in [5, 5.41) is 4.97. The first kappa shape index (κ1) is 15.3. The van der Waals surface area contributed by atoms with E-state index in [9.17, 15) is 0 Å². The van der Waals surface area contributed by atoms with E-state index in [0.717, 1.165) is 27.2 Å². The predicted octanol–water partition coefficient (Wildman–Crippen LogP) is 4.17. The molecular formula is C15H18ClN3S. The maximum absolute atomic E-state index is 6.10. The molecule has 0 spiro atoms. The Kier molecular flexibility index (Phi) is 5.02. The number of hydrogen-bond donors (Lipinski definition) is 1. The molecule has 3 nitrogen and oxygen atoms in total. The van der Waals surface area contributed by atoms with E-state index in [1.165, 1.54) is 0 Å². The molecule has 1 aromatic carbocycles. The van der Waals surface area contributed by atoms with Gasteiger partial charge in [-0.2, -0.15) is 0 Å². The van der Waals surface area contributed by atoms with Crippen LogP contribution in [-0.2, 0) is 6.54 Å². The maximum atomic E-state index is 6.10. The van der Waals surface area contributed by atoms with E-state index in [0.29, 0.717) is 0 Å². The van der Waals surface area contributed by atoms with Crippen molar-refractivity contribution in [1.29, 1.82) is 0 Å². The Morgan fingerprint density at radius 3 is 2.55 bits per heavy atom. The van der Waals surface area contributed by atoms with Crippen LogP contribution >= 0.6 is 23.4 Å². The summed E-state index contributed by atoms with van der Waals surface area (Å²) in [6.45, 7) is 7.19. The Hall–Kier alpha value is -1.10. The molecule has 0 unspecified atom stereocenters. The van der Waals surface area contributed by atoms with Gasteiger partial charge in [0.25, 0.3) is 0 Å². The molecular weight excluding hydrogens is 290 g/mol. The fourth-order valence-corrected chi connectivity index (χ4v) is 2.60. The van der Waals surface area contributed by atoms with Gasteiger partial charge >= 0.3 is 0 Å². The van der Waals surface area contributed by atoms with Crippen molar-refractivity contribution < 1.29 is 0 Å². The minimum atomic E-state index is 0.0630. The molecule has 1 N–H and O–H groups in total. The van der Waals surface area contributed by atoms with Crippen LogP contribution < -0.4 is 5.32 Å². The van der Waals surface area contributed by atoms with Crippen LogP contribution in [0.2, 0.25) is 5.02 Å². The Morgan fingerprint density at radius 1 is 1.20 bits per heavy atom. The van der Waals surface area contributed by atoms with Crippen molar-refractivity contribution in [3.63, 3.8) is 0 Å². The third-order valence-electron chi connectivity index (χ3n) is 2.58. The fourth-order valence-electron chi connectivity index (χ4n) is 1.58. The Morgan fingerprint density at radius 2 is 1.90 bits per heavy atom. The highest BCUT2D eigenvalue weighted by Gasteiger charge is 2.12. The number of hydrogen-bond acceptors (Lipinski definition) is 4. The third kappa shape index (κ3) is 4.78. The molecule has 5 heteroatoms. The summed E-state index contributed by atoms with van der Waals surface area (Å²) >= 11 is 7.65. The van der Waals surface area contributed by atoms with Crippen LogP contribution in [0.25, 0.3) is 0 Å². The van der Waals surface area contributed by atoms with E-state index in [4.69, 9.17) is 11.6 Å². The number of rotatable bonds is 4. The molecule has 0 atom stereocenters. The average Bonchev–Trinajstić information content (AvgIpc) is 2.39. The van der Waals surface area contributed by atoms with Crippen molar-refractivity contribution in [3.05, 3.63) is 47.2 Å². The SMILES string of the molecule is CC(C)(C)NCc1cc(Cl)ccc1Sc1ncccn1. The summed E-state index contributed by atoms with van der Waals surface area (Å²) in [5.74, 6) is 0. The molecule has 106 valence electrons. The zero-order chi connectivity index (χ0) is 14.6. The lowest BCUT2D eigenvalue weighted by molar-refractivity contribution is 0.422. The molecule has 0 bridgehead atoms. The van der Waals surface area contributed by atoms with Crippen LogP contribution in [0.1, 0.15) is 26.3 Å². The highest BCUT2D eigenvalue weighted by atomic mass is 35.5. The second-order valence-electron chi connectivity index (χ2n) is 5.49. The van der Waals surface area contributed by atoms with Crippen LogP contribution in [0, 0.1) is 0 Å². The van der Waals surface area contributed by atoms with Gasteiger partial charge in [0.15, 0.2) is 5.16 Å². The van der Waals surface area contributed by atoms with Crippen molar-refractivity contribution in [2.75, 3.05) is 0 Å². The first-order valence-corrected chi connectivity index (χ1v) is 7.62. The molecule has 2 aromatic rings. The van der Waals surface area contributed by atoms with Crippen molar-refractivity contribution in [2.45, 2.75) is 42.9 Å². The number of benzene rings is 1. The van der Waals surface area contributed by atoms with Gasteiger partial charge in [-0.05, 0) is 62.4 Å². The molecule has 0 saturated heterocycles. The van der Waals surface area contributed by atoms with Crippen molar-refractivity contribution in [1.82, 2.24) is 15.3 Å². The fraction of sp³-hybridized carbons (Fsp3) is 0.333. The molecule has 0 aliphatic rings. The van der Waals surface area contributed by atoms with Gasteiger partial charge in [0.1, 0.15) is 0 Å². The van der Waals surface area contributed by atoms with Crippen LogP contribution in [0.5, 0.6) is 0 Å². The lowest BCUT2D eigenvalue weighted by Crippen LogP contribution is -2.35. The quantitative estimate of drug-likeness (QED) is 0.860. The molecule has 0 aliphatic heterocycles. The minimum absolute atomic E-state index is 0.0630. The smallest absolute Gasteiger partial charge is 0.192 e. The topological polar surface area (TPSA) is 37.8 Å². The van der Waals surface area contributed by atoms with E-state index in [1.54, 1.807) is 24.2 Å².